The standard InChI is InChI=1S/C8H8N2O4S/c1-2-5(12)7(13)14-6-3-15-8(10-6)9-4-11/h3-4H,2H2,1H3,(H,9,10,11). The van der Waals surface area contributed by atoms with E-state index in [1.807, 2.05) is 0 Å². The number of nitrogens with zero attached hydrogens (tertiary/aromatic N) is 1. The van der Waals surface area contributed by atoms with Crippen molar-refractivity contribution in [3.63, 3.8) is 0 Å². The van der Waals surface area contributed by atoms with Crippen molar-refractivity contribution in [1.29, 1.82) is 0 Å². The Balaban J connectivity index is 2.60. The molecule has 0 unspecified atom stereocenters. The van der Waals surface area contributed by atoms with Crippen LogP contribution in [0.4, 0.5) is 5.13 Å². The number of esters is 1. The van der Waals surface area contributed by atoms with Gasteiger partial charge in [-0.25, -0.2) is 4.79 Å². The maximum absolute atomic E-state index is 11.0. The molecular formula is C8H8N2O4S. The molecule has 1 aromatic heterocycles. The van der Waals surface area contributed by atoms with Gasteiger partial charge in [-0.15, -0.1) is 11.3 Å². The number of amides is 1. The number of ether oxygens (including phenoxy) is 1. The van der Waals surface area contributed by atoms with Gasteiger partial charge in [0.05, 0.1) is 5.38 Å². The van der Waals surface area contributed by atoms with Gasteiger partial charge in [-0.05, 0) is 0 Å². The largest absolute Gasteiger partial charge is 0.401 e. The van der Waals surface area contributed by atoms with Crippen molar-refractivity contribution in [2.24, 2.45) is 0 Å². The monoisotopic (exact) mass is 228 g/mol. The molecule has 1 amide bonds. The molecular weight excluding hydrogens is 220 g/mol. The third-order valence-corrected chi connectivity index (χ3v) is 2.16. The van der Waals surface area contributed by atoms with E-state index in [0.29, 0.717) is 11.5 Å². The summed E-state index contributed by atoms with van der Waals surface area (Å²) in [6.45, 7) is 1.56. The zero-order chi connectivity index (χ0) is 11.3. The van der Waals surface area contributed by atoms with Gasteiger partial charge in [0, 0.05) is 6.42 Å². The Morgan fingerprint density at radius 1 is 1.67 bits per heavy atom. The molecule has 0 saturated carbocycles. The van der Waals surface area contributed by atoms with Crippen LogP contribution in [-0.2, 0) is 14.4 Å². The first-order chi connectivity index (χ1) is 7.17. The van der Waals surface area contributed by atoms with E-state index in [1.54, 1.807) is 6.92 Å². The minimum Gasteiger partial charge on any atom is -0.401 e. The molecule has 6 nitrogen and oxygen atoms in total. The van der Waals surface area contributed by atoms with Crippen molar-refractivity contribution < 1.29 is 19.1 Å². The van der Waals surface area contributed by atoms with Crippen LogP contribution in [0.3, 0.4) is 0 Å². The van der Waals surface area contributed by atoms with E-state index in [-0.39, 0.29) is 12.3 Å². The summed E-state index contributed by atoms with van der Waals surface area (Å²) in [6, 6.07) is 0. The van der Waals surface area contributed by atoms with Crippen LogP contribution < -0.4 is 10.1 Å². The number of Topliss-reactive ketones (excluding diaryl/α,β-unsaturated/α-hetero) is 1. The summed E-state index contributed by atoms with van der Waals surface area (Å²) < 4.78 is 4.65. The fraction of sp³-hybridized carbons (Fsp3) is 0.250. The van der Waals surface area contributed by atoms with Gasteiger partial charge in [-0.1, -0.05) is 6.92 Å². The van der Waals surface area contributed by atoms with Gasteiger partial charge in [0.1, 0.15) is 0 Å². The third-order valence-electron chi connectivity index (χ3n) is 1.41. The lowest BCUT2D eigenvalue weighted by molar-refractivity contribution is -0.147. The zero-order valence-electron chi connectivity index (χ0n) is 7.85. The van der Waals surface area contributed by atoms with Gasteiger partial charge in [0.2, 0.25) is 18.1 Å². The minimum atomic E-state index is -0.944. The zero-order valence-corrected chi connectivity index (χ0v) is 8.67. The Morgan fingerprint density at radius 2 is 2.40 bits per heavy atom. The maximum atomic E-state index is 11.0. The molecule has 0 atom stereocenters. The molecule has 15 heavy (non-hydrogen) atoms. The fourth-order valence-corrected chi connectivity index (χ4v) is 1.29. The number of hydrogen-bond donors (Lipinski definition) is 1. The predicted octanol–water partition coefficient (Wildman–Crippen LogP) is 0.596. The first kappa shape index (κ1) is 11.3. The van der Waals surface area contributed by atoms with Gasteiger partial charge < -0.3 is 10.1 Å². The quantitative estimate of drug-likeness (QED) is 0.453. The highest BCUT2D eigenvalue weighted by Crippen LogP contribution is 2.20. The second-order valence-electron chi connectivity index (χ2n) is 2.42. The Kier molecular flexibility index (Phi) is 3.92. The van der Waals surface area contributed by atoms with Gasteiger partial charge >= 0.3 is 5.97 Å². The summed E-state index contributed by atoms with van der Waals surface area (Å²) in [5.41, 5.74) is 0. The van der Waals surface area contributed by atoms with Gasteiger partial charge in [0.25, 0.3) is 0 Å². The average Bonchev–Trinajstić information content (AvgIpc) is 2.65. The van der Waals surface area contributed by atoms with E-state index in [0.717, 1.165) is 11.3 Å². The molecule has 0 aliphatic carbocycles. The lowest BCUT2D eigenvalue weighted by atomic mass is 10.3. The topological polar surface area (TPSA) is 85.4 Å². The summed E-state index contributed by atoms with van der Waals surface area (Å²) in [4.78, 5) is 35.7. The van der Waals surface area contributed by atoms with E-state index in [2.05, 4.69) is 15.0 Å². The van der Waals surface area contributed by atoms with Crippen molar-refractivity contribution >= 4 is 34.6 Å². The molecule has 0 spiro atoms. The van der Waals surface area contributed by atoms with Crippen LogP contribution in [0.15, 0.2) is 5.38 Å². The maximum Gasteiger partial charge on any atom is 0.381 e. The van der Waals surface area contributed by atoms with Gasteiger partial charge in [-0.2, -0.15) is 4.98 Å². The summed E-state index contributed by atoms with van der Waals surface area (Å²) >= 11 is 1.09. The molecule has 0 radical (unpaired) electrons. The number of rotatable bonds is 5. The smallest absolute Gasteiger partial charge is 0.381 e. The van der Waals surface area contributed by atoms with Crippen LogP contribution in [0.2, 0.25) is 0 Å². The van der Waals surface area contributed by atoms with Crippen molar-refractivity contribution in [3.05, 3.63) is 5.38 Å². The average molecular weight is 228 g/mol. The highest BCUT2D eigenvalue weighted by molar-refractivity contribution is 7.14. The predicted molar refractivity (Wildman–Crippen MR) is 52.7 cm³/mol. The highest BCUT2D eigenvalue weighted by atomic mass is 32.1. The number of anilines is 1. The summed E-state index contributed by atoms with van der Waals surface area (Å²) in [5, 5.41) is 4.02. The number of nitrogens with one attached hydrogen (secondary N) is 1. The van der Waals surface area contributed by atoms with Crippen molar-refractivity contribution in [2.75, 3.05) is 5.32 Å². The van der Waals surface area contributed by atoms with E-state index in [9.17, 15) is 14.4 Å². The summed E-state index contributed by atoms with van der Waals surface area (Å²) in [6.07, 6.45) is 0.546. The molecule has 0 aliphatic rings. The number of carbonyl (C=O) groups is 3. The number of ketones is 1. The van der Waals surface area contributed by atoms with Crippen LogP contribution in [0, 0.1) is 0 Å². The van der Waals surface area contributed by atoms with Crippen molar-refractivity contribution in [3.8, 4) is 5.88 Å². The molecule has 7 heteroatoms. The number of thiazole rings is 1. The number of aromatic nitrogens is 1. The van der Waals surface area contributed by atoms with Crippen LogP contribution in [-0.4, -0.2) is 23.1 Å². The highest BCUT2D eigenvalue weighted by Gasteiger charge is 2.15. The molecule has 0 fully saturated rings. The molecule has 1 rings (SSSR count). The van der Waals surface area contributed by atoms with Crippen molar-refractivity contribution in [1.82, 2.24) is 4.98 Å². The van der Waals surface area contributed by atoms with E-state index in [1.165, 1.54) is 5.38 Å². The van der Waals surface area contributed by atoms with E-state index >= 15 is 0 Å². The van der Waals surface area contributed by atoms with Crippen LogP contribution >= 0.6 is 11.3 Å². The molecule has 0 bridgehead atoms. The van der Waals surface area contributed by atoms with Crippen LogP contribution in [0.1, 0.15) is 13.3 Å². The molecule has 80 valence electrons. The Morgan fingerprint density at radius 3 is 3.00 bits per heavy atom. The van der Waals surface area contributed by atoms with Gasteiger partial charge in [-0.3, -0.25) is 9.59 Å². The normalized spacial score (nSPS) is 9.40. The van der Waals surface area contributed by atoms with Crippen LogP contribution in [0.5, 0.6) is 5.88 Å². The molecule has 0 saturated heterocycles. The SMILES string of the molecule is CCC(=O)C(=O)Oc1csc(NC=O)n1. The van der Waals surface area contributed by atoms with E-state index in [4.69, 9.17) is 0 Å². The number of hydrogen-bond acceptors (Lipinski definition) is 6. The molecule has 1 N–H and O–H groups in total. The third kappa shape index (κ3) is 3.13. The molecule has 0 aliphatic heterocycles. The lowest BCUT2D eigenvalue weighted by Crippen LogP contribution is -2.19. The summed E-state index contributed by atoms with van der Waals surface area (Å²) in [5.74, 6) is -1.55. The second kappa shape index (κ2) is 5.20. The lowest BCUT2D eigenvalue weighted by Gasteiger charge is -1.96. The second-order valence-corrected chi connectivity index (χ2v) is 3.28. The Labute approximate surface area is 89.3 Å². The van der Waals surface area contributed by atoms with E-state index < -0.39 is 11.8 Å². The molecule has 0 aromatic carbocycles. The summed E-state index contributed by atoms with van der Waals surface area (Å²) in [7, 11) is 0. The van der Waals surface area contributed by atoms with Crippen LogP contribution in [0.25, 0.3) is 0 Å². The fourth-order valence-electron chi connectivity index (χ4n) is 0.719. The molecule has 1 heterocycles. The first-order valence-corrected chi connectivity index (χ1v) is 4.96. The number of carbonyl (C=O) groups excluding carboxylic acids is 3. The molecule has 1 aromatic rings. The first-order valence-electron chi connectivity index (χ1n) is 4.08. The van der Waals surface area contributed by atoms with Gasteiger partial charge in [0.15, 0.2) is 5.13 Å². The Bertz CT molecular complexity index is 388. The minimum absolute atomic E-state index is 0.0103. The van der Waals surface area contributed by atoms with Crippen molar-refractivity contribution in [2.45, 2.75) is 13.3 Å². The Hall–Kier alpha value is -1.76.